The summed E-state index contributed by atoms with van der Waals surface area (Å²) in [4.78, 5) is 0. The summed E-state index contributed by atoms with van der Waals surface area (Å²) >= 11 is 0. The molecule has 4 heteroatoms. The quantitative estimate of drug-likeness (QED) is 0.823. The van der Waals surface area contributed by atoms with Crippen molar-refractivity contribution in [1.29, 1.82) is 0 Å². The van der Waals surface area contributed by atoms with Crippen LogP contribution >= 0.6 is 0 Å². The van der Waals surface area contributed by atoms with Gasteiger partial charge in [0.2, 0.25) is 0 Å². The first-order valence-corrected chi connectivity index (χ1v) is 5.53. The van der Waals surface area contributed by atoms with Crippen LogP contribution < -0.4 is 10.5 Å². The van der Waals surface area contributed by atoms with E-state index in [4.69, 9.17) is 10.5 Å². The molecule has 0 aliphatic heterocycles. The fourth-order valence-corrected chi connectivity index (χ4v) is 1.92. The van der Waals surface area contributed by atoms with Gasteiger partial charge in [-0.15, -0.1) is 0 Å². The van der Waals surface area contributed by atoms with Gasteiger partial charge in [-0.05, 0) is 38.1 Å². The second kappa shape index (κ2) is 4.49. The molecule has 0 unspecified atom stereocenters. The van der Waals surface area contributed by atoms with Crippen LogP contribution in [0.4, 0.5) is 5.69 Å². The summed E-state index contributed by atoms with van der Waals surface area (Å²) in [5.41, 5.74) is 9.72. The molecule has 0 radical (unpaired) electrons. The Labute approximate surface area is 101 Å². The summed E-state index contributed by atoms with van der Waals surface area (Å²) in [5.74, 6) is 0.840. The fourth-order valence-electron chi connectivity index (χ4n) is 1.92. The molecule has 4 nitrogen and oxygen atoms in total. The van der Waals surface area contributed by atoms with E-state index in [1.807, 2.05) is 36.7 Å². The highest BCUT2D eigenvalue weighted by Gasteiger charge is 2.07. The topological polar surface area (TPSA) is 53.1 Å². The Morgan fingerprint density at radius 2 is 2.06 bits per heavy atom. The molecule has 0 saturated heterocycles. The number of hydrogen-bond donors (Lipinski definition) is 1. The minimum absolute atomic E-state index is 0.674. The first-order valence-electron chi connectivity index (χ1n) is 5.53. The number of aryl methyl sites for hydroxylation is 2. The number of nitrogen functional groups attached to an aromatic ring is 1. The number of rotatable bonds is 3. The predicted molar refractivity (Wildman–Crippen MR) is 68.2 cm³/mol. The van der Waals surface area contributed by atoms with Crippen molar-refractivity contribution in [2.24, 2.45) is 0 Å². The molecule has 0 aliphatic rings. The van der Waals surface area contributed by atoms with Crippen molar-refractivity contribution in [2.45, 2.75) is 20.4 Å². The molecular weight excluding hydrogens is 214 g/mol. The summed E-state index contributed by atoms with van der Waals surface area (Å²) in [5, 5.41) is 4.43. The molecule has 0 aliphatic carbocycles. The Morgan fingerprint density at radius 1 is 1.29 bits per heavy atom. The van der Waals surface area contributed by atoms with E-state index in [1.54, 1.807) is 7.11 Å². The van der Waals surface area contributed by atoms with Gasteiger partial charge in [0, 0.05) is 16.9 Å². The Hall–Kier alpha value is -1.97. The van der Waals surface area contributed by atoms with E-state index in [0.29, 0.717) is 6.54 Å². The van der Waals surface area contributed by atoms with Gasteiger partial charge in [-0.2, -0.15) is 5.10 Å². The largest absolute Gasteiger partial charge is 0.496 e. The van der Waals surface area contributed by atoms with Crippen molar-refractivity contribution >= 4 is 5.69 Å². The number of hydrogen-bond acceptors (Lipinski definition) is 3. The van der Waals surface area contributed by atoms with Gasteiger partial charge in [-0.3, -0.25) is 4.68 Å². The van der Waals surface area contributed by atoms with Crippen LogP contribution in [0.1, 0.15) is 17.0 Å². The van der Waals surface area contributed by atoms with Crippen molar-refractivity contribution in [1.82, 2.24) is 9.78 Å². The van der Waals surface area contributed by atoms with Gasteiger partial charge in [0.1, 0.15) is 5.75 Å². The van der Waals surface area contributed by atoms with Crippen molar-refractivity contribution in [3.05, 3.63) is 41.2 Å². The number of nitrogens with zero attached hydrogens (tertiary/aromatic N) is 2. The summed E-state index contributed by atoms with van der Waals surface area (Å²) in [6.07, 6.45) is 0. The van der Waals surface area contributed by atoms with Gasteiger partial charge in [0.05, 0.1) is 19.3 Å². The van der Waals surface area contributed by atoms with Crippen molar-refractivity contribution in [3.8, 4) is 5.75 Å². The second-order valence-electron chi connectivity index (χ2n) is 4.16. The Morgan fingerprint density at radius 3 is 2.65 bits per heavy atom. The molecule has 0 atom stereocenters. The number of benzene rings is 1. The summed E-state index contributed by atoms with van der Waals surface area (Å²) in [6, 6.07) is 7.70. The molecule has 2 N–H and O–H groups in total. The summed E-state index contributed by atoms with van der Waals surface area (Å²) in [7, 11) is 1.66. The van der Waals surface area contributed by atoms with Crippen LogP contribution in [0.2, 0.25) is 0 Å². The number of nitrogens with two attached hydrogens (primary N) is 1. The zero-order chi connectivity index (χ0) is 12.4. The van der Waals surface area contributed by atoms with Crippen LogP contribution in [-0.4, -0.2) is 16.9 Å². The smallest absolute Gasteiger partial charge is 0.124 e. The highest BCUT2D eigenvalue weighted by atomic mass is 16.5. The van der Waals surface area contributed by atoms with Crippen LogP contribution in [0.3, 0.4) is 0 Å². The molecule has 1 aromatic carbocycles. The molecule has 17 heavy (non-hydrogen) atoms. The van der Waals surface area contributed by atoms with Crippen molar-refractivity contribution < 1.29 is 4.74 Å². The van der Waals surface area contributed by atoms with E-state index in [9.17, 15) is 0 Å². The van der Waals surface area contributed by atoms with Crippen LogP contribution in [0.5, 0.6) is 5.75 Å². The zero-order valence-corrected chi connectivity index (χ0v) is 10.4. The average molecular weight is 231 g/mol. The van der Waals surface area contributed by atoms with Gasteiger partial charge in [-0.25, -0.2) is 0 Å². The van der Waals surface area contributed by atoms with E-state index in [1.165, 1.54) is 0 Å². The van der Waals surface area contributed by atoms with Gasteiger partial charge < -0.3 is 10.5 Å². The monoisotopic (exact) mass is 231 g/mol. The van der Waals surface area contributed by atoms with Gasteiger partial charge in [0.25, 0.3) is 0 Å². The van der Waals surface area contributed by atoms with E-state index in [0.717, 1.165) is 28.4 Å². The van der Waals surface area contributed by atoms with Crippen LogP contribution in [0, 0.1) is 13.8 Å². The molecule has 1 aromatic heterocycles. The molecule has 1 heterocycles. The maximum absolute atomic E-state index is 5.79. The van der Waals surface area contributed by atoms with Crippen LogP contribution in [0.15, 0.2) is 24.3 Å². The maximum atomic E-state index is 5.79. The van der Waals surface area contributed by atoms with Crippen molar-refractivity contribution in [2.75, 3.05) is 12.8 Å². The van der Waals surface area contributed by atoms with Gasteiger partial charge in [-0.1, -0.05) is 0 Å². The molecular formula is C13H17N3O. The molecule has 90 valence electrons. The SMILES string of the molecule is COc1ccc(N)cc1Cn1nc(C)cc1C. The van der Waals surface area contributed by atoms with Gasteiger partial charge in [0.15, 0.2) is 0 Å². The molecule has 2 rings (SSSR count). The van der Waals surface area contributed by atoms with E-state index < -0.39 is 0 Å². The Bertz CT molecular complexity index is 531. The molecule has 0 fully saturated rings. The minimum atomic E-state index is 0.674. The molecule has 0 spiro atoms. The highest BCUT2D eigenvalue weighted by Crippen LogP contribution is 2.22. The Balaban J connectivity index is 2.35. The average Bonchev–Trinajstić information content (AvgIpc) is 2.58. The second-order valence-corrected chi connectivity index (χ2v) is 4.16. The lowest BCUT2D eigenvalue weighted by atomic mass is 10.1. The number of methoxy groups -OCH3 is 1. The fraction of sp³-hybridized carbons (Fsp3) is 0.308. The van der Waals surface area contributed by atoms with Crippen molar-refractivity contribution in [3.63, 3.8) is 0 Å². The lowest BCUT2D eigenvalue weighted by molar-refractivity contribution is 0.407. The third-order valence-electron chi connectivity index (χ3n) is 2.73. The first kappa shape index (κ1) is 11.5. The molecule has 0 saturated carbocycles. The zero-order valence-electron chi connectivity index (χ0n) is 10.4. The number of ether oxygens (including phenoxy) is 1. The number of aromatic nitrogens is 2. The number of anilines is 1. The van der Waals surface area contributed by atoms with Crippen LogP contribution in [0.25, 0.3) is 0 Å². The van der Waals surface area contributed by atoms with Gasteiger partial charge >= 0.3 is 0 Å². The maximum Gasteiger partial charge on any atom is 0.124 e. The minimum Gasteiger partial charge on any atom is -0.496 e. The van der Waals surface area contributed by atoms with Crippen LogP contribution in [-0.2, 0) is 6.54 Å². The summed E-state index contributed by atoms with van der Waals surface area (Å²) in [6.45, 7) is 4.70. The highest BCUT2D eigenvalue weighted by molar-refractivity contribution is 5.48. The third kappa shape index (κ3) is 2.41. The van der Waals surface area contributed by atoms with E-state index in [-0.39, 0.29) is 0 Å². The molecule has 0 amide bonds. The first-order chi connectivity index (χ1) is 8.10. The standard InChI is InChI=1S/C13H17N3O/c1-9-6-10(2)16(15-9)8-11-7-12(14)4-5-13(11)17-3/h4-7H,8,14H2,1-3H3. The van der Waals surface area contributed by atoms with E-state index >= 15 is 0 Å². The molecule has 0 bridgehead atoms. The lowest BCUT2D eigenvalue weighted by Gasteiger charge is -2.10. The predicted octanol–water partition coefficient (Wildman–Crippen LogP) is 2.14. The summed E-state index contributed by atoms with van der Waals surface area (Å²) < 4.78 is 7.27. The molecule has 2 aromatic rings. The van der Waals surface area contributed by atoms with E-state index in [2.05, 4.69) is 11.2 Å². The normalized spacial score (nSPS) is 10.5. The third-order valence-corrected chi connectivity index (χ3v) is 2.73. The lowest BCUT2D eigenvalue weighted by Crippen LogP contribution is -2.06. The Kier molecular flexibility index (Phi) is 3.04.